The number of rotatable bonds is 6. The van der Waals surface area contributed by atoms with Crippen molar-refractivity contribution in [2.75, 3.05) is 6.61 Å². The number of carboxylic acid groups (broad SMARTS) is 1. The highest BCUT2D eigenvalue weighted by Gasteiger charge is 2.02. The van der Waals surface area contributed by atoms with Crippen LogP contribution in [0.3, 0.4) is 0 Å². The van der Waals surface area contributed by atoms with E-state index in [0.29, 0.717) is 12.4 Å². The van der Waals surface area contributed by atoms with Crippen LogP contribution in [-0.4, -0.2) is 17.7 Å². The van der Waals surface area contributed by atoms with Crippen molar-refractivity contribution in [1.29, 1.82) is 0 Å². The summed E-state index contributed by atoms with van der Waals surface area (Å²) in [6.45, 7) is 8.26. The zero-order valence-electron chi connectivity index (χ0n) is 10.8. The quantitative estimate of drug-likeness (QED) is 0.617. The van der Waals surface area contributed by atoms with Crippen LogP contribution in [0.5, 0.6) is 5.75 Å². The van der Waals surface area contributed by atoms with E-state index in [4.69, 9.17) is 9.84 Å². The van der Waals surface area contributed by atoms with Gasteiger partial charge in [0.05, 0.1) is 6.61 Å². The summed E-state index contributed by atoms with van der Waals surface area (Å²) < 4.78 is 5.63. The molecule has 1 aromatic carbocycles. The third-order valence-electron chi connectivity index (χ3n) is 2.36. The van der Waals surface area contributed by atoms with Crippen LogP contribution in [0, 0.1) is 6.92 Å². The molecule has 0 radical (unpaired) electrons. The highest BCUT2D eigenvalue weighted by atomic mass is 16.5. The van der Waals surface area contributed by atoms with E-state index in [0.717, 1.165) is 29.2 Å². The topological polar surface area (TPSA) is 46.5 Å². The molecular formula is C15H18O3. The molecule has 0 unspecified atom stereocenters. The number of hydrogen-bond donors (Lipinski definition) is 1. The normalized spacial score (nSPS) is 10.6. The summed E-state index contributed by atoms with van der Waals surface area (Å²) >= 11 is 0. The Bertz CT molecular complexity index is 473. The first-order chi connectivity index (χ1) is 8.49. The van der Waals surface area contributed by atoms with Crippen LogP contribution in [0.15, 0.2) is 36.4 Å². The Morgan fingerprint density at radius 1 is 1.50 bits per heavy atom. The second-order valence-corrected chi connectivity index (χ2v) is 4.27. The molecule has 1 rings (SSSR count). The first-order valence-corrected chi connectivity index (χ1v) is 5.78. The fourth-order valence-electron chi connectivity index (χ4n) is 1.43. The molecule has 0 aromatic heterocycles. The summed E-state index contributed by atoms with van der Waals surface area (Å²) in [4.78, 5) is 10.5. The average Bonchev–Trinajstić information content (AvgIpc) is 2.28. The van der Waals surface area contributed by atoms with Gasteiger partial charge in [-0.3, -0.25) is 0 Å². The van der Waals surface area contributed by atoms with Gasteiger partial charge in [-0.15, -0.1) is 6.58 Å². The average molecular weight is 246 g/mol. The number of benzene rings is 1. The second kappa shape index (κ2) is 6.64. The molecule has 0 atom stereocenters. The molecule has 0 saturated carbocycles. The molecule has 0 spiro atoms. The van der Waals surface area contributed by atoms with E-state index in [-0.39, 0.29) is 0 Å². The van der Waals surface area contributed by atoms with Crippen molar-refractivity contribution in [3.63, 3.8) is 0 Å². The Hall–Kier alpha value is -2.03. The molecule has 3 heteroatoms. The lowest BCUT2D eigenvalue weighted by Crippen LogP contribution is -1.99. The van der Waals surface area contributed by atoms with Crippen LogP contribution < -0.4 is 4.74 Å². The fraction of sp³-hybridized carbons (Fsp3) is 0.267. The largest absolute Gasteiger partial charge is 0.493 e. The van der Waals surface area contributed by atoms with Crippen LogP contribution in [0.1, 0.15) is 24.5 Å². The van der Waals surface area contributed by atoms with Crippen molar-refractivity contribution in [3.8, 4) is 5.75 Å². The molecule has 0 bridgehead atoms. The lowest BCUT2D eigenvalue weighted by molar-refractivity contribution is -0.131. The summed E-state index contributed by atoms with van der Waals surface area (Å²) in [6, 6.07) is 5.69. The Kier molecular flexibility index (Phi) is 5.18. The van der Waals surface area contributed by atoms with Gasteiger partial charge in [0, 0.05) is 18.1 Å². The summed E-state index contributed by atoms with van der Waals surface area (Å²) in [5.74, 6) is -0.274. The van der Waals surface area contributed by atoms with Crippen molar-refractivity contribution >= 4 is 12.0 Å². The highest BCUT2D eigenvalue weighted by molar-refractivity contribution is 5.85. The summed E-state index contributed by atoms with van der Waals surface area (Å²) in [6.07, 6.45) is 3.45. The van der Waals surface area contributed by atoms with Crippen LogP contribution in [0.4, 0.5) is 0 Å². The summed E-state index contributed by atoms with van der Waals surface area (Å²) in [7, 11) is 0. The van der Waals surface area contributed by atoms with Crippen LogP contribution in [-0.2, 0) is 4.79 Å². The standard InChI is InChI=1S/C15H18O3/c1-11(2)8-9-18-14-6-4-12(3)10-13(14)5-7-15(16)17/h4-7,10H,1,8-9H2,2-3H3,(H,16,17)/b7-5+. The fourth-order valence-corrected chi connectivity index (χ4v) is 1.43. The molecule has 0 heterocycles. The van der Waals surface area contributed by atoms with Crippen molar-refractivity contribution in [3.05, 3.63) is 47.6 Å². The van der Waals surface area contributed by atoms with Crippen LogP contribution in [0.25, 0.3) is 6.08 Å². The van der Waals surface area contributed by atoms with Crippen molar-refractivity contribution in [1.82, 2.24) is 0 Å². The van der Waals surface area contributed by atoms with Gasteiger partial charge in [0.2, 0.25) is 0 Å². The molecule has 1 aromatic rings. The third kappa shape index (κ3) is 4.87. The van der Waals surface area contributed by atoms with Gasteiger partial charge in [-0.2, -0.15) is 0 Å². The number of hydrogen-bond acceptors (Lipinski definition) is 2. The smallest absolute Gasteiger partial charge is 0.328 e. The minimum Gasteiger partial charge on any atom is -0.493 e. The lowest BCUT2D eigenvalue weighted by Gasteiger charge is -2.10. The molecule has 1 N–H and O–H groups in total. The van der Waals surface area contributed by atoms with E-state index in [1.54, 1.807) is 6.08 Å². The van der Waals surface area contributed by atoms with Gasteiger partial charge < -0.3 is 9.84 Å². The van der Waals surface area contributed by atoms with Crippen molar-refractivity contribution in [2.24, 2.45) is 0 Å². The zero-order valence-corrected chi connectivity index (χ0v) is 10.8. The van der Waals surface area contributed by atoms with Crippen molar-refractivity contribution < 1.29 is 14.6 Å². The number of carbonyl (C=O) groups is 1. The van der Waals surface area contributed by atoms with E-state index in [9.17, 15) is 4.79 Å². The third-order valence-corrected chi connectivity index (χ3v) is 2.36. The highest BCUT2D eigenvalue weighted by Crippen LogP contribution is 2.22. The van der Waals surface area contributed by atoms with Gasteiger partial charge in [0.15, 0.2) is 0 Å². The van der Waals surface area contributed by atoms with Gasteiger partial charge in [0.1, 0.15) is 5.75 Å². The van der Waals surface area contributed by atoms with Crippen LogP contribution in [0.2, 0.25) is 0 Å². The summed E-state index contributed by atoms with van der Waals surface area (Å²) in [5.41, 5.74) is 2.90. The molecule has 0 aliphatic carbocycles. The van der Waals surface area contributed by atoms with Crippen LogP contribution >= 0.6 is 0 Å². The van der Waals surface area contributed by atoms with Gasteiger partial charge in [-0.1, -0.05) is 17.2 Å². The van der Waals surface area contributed by atoms with Gasteiger partial charge >= 0.3 is 5.97 Å². The maximum absolute atomic E-state index is 10.5. The minimum atomic E-state index is -0.968. The van der Waals surface area contributed by atoms with Gasteiger partial charge in [-0.05, 0) is 32.1 Å². The van der Waals surface area contributed by atoms with Crippen molar-refractivity contribution in [2.45, 2.75) is 20.3 Å². The predicted molar refractivity (Wildman–Crippen MR) is 72.8 cm³/mol. The van der Waals surface area contributed by atoms with E-state index in [2.05, 4.69) is 6.58 Å². The molecule has 0 fully saturated rings. The van der Waals surface area contributed by atoms with E-state index in [1.165, 1.54) is 0 Å². The van der Waals surface area contributed by atoms with E-state index >= 15 is 0 Å². The minimum absolute atomic E-state index is 0.548. The molecule has 18 heavy (non-hydrogen) atoms. The Morgan fingerprint density at radius 2 is 2.22 bits per heavy atom. The molecule has 0 saturated heterocycles. The molecule has 0 amide bonds. The maximum atomic E-state index is 10.5. The molecular weight excluding hydrogens is 228 g/mol. The van der Waals surface area contributed by atoms with Gasteiger partial charge in [-0.25, -0.2) is 4.79 Å². The zero-order chi connectivity index (χ0) is 13.5. The van der Waals surface area contributed by atoms with E-state index < -0.39 is 5.97 Å². The Labute approximate surface area is 107 Å². The number of aryl methyl sites for hydroxylation is 1. The Balaban J connectivity index is 2.82. The second-order valence-electron chi connectivity index (χ2n) is 4.27. The molecule has 0 aliphatic rings. The van der Waals surface area contributed by atoms with Gasteiger partial charge in [0.25, 0.3) is 0 Å². The monoisotopic (exact) mass is 246 g/mol. The SMILES string of the molecule is C=C(C)CCOc1ccc(C)cc1/C=C/C(=O)O. The number of ether oxygens (including phenoxy) is 1. The number of aliphatic carboxylic acids is 1. The first kappa shape index (κ1) is 14.0. The maximum Gasteiger partial charge on any atom is 0.328 e. The Morgan fingerprint density at radius 3 is 2.83 bits per heavy atom. The molecule has 0 aliphatic heterocycles. The van der Waals surface area contributed by atoms with E-state index in [1.807, 2.05) is 32.0 Å². The summed E-state index contributed by atoms with van der Waals surface area (Å²) in [5, 5.41) is 8.64. The molecule has 3 nitrogen and oxygen atoms in total. The first-order valence-electron chi connectivity index (χ1n) is 5.78. The number of carboxylic acids is 1. The lowest BCUT2D eigenvalue weighted by atomic mass is 10.1. The molecule has 96 valence electrons. The predicted octanol–water partition coefficient (Wildman–Crippen LogP) is 3.44.